The molecule has 1 aromatic heterocycles. The molecule has 1 heterocycles. The van der Waals surface area contributed by atoms with Gasteiger partial charge in [-0.25, -0.2) is 4.98 Å². The Morgan fingerprint density at radius 3 is 2.75 bits per heavy atom. The zero-order valence-corrected chi connectivity index (χ0v) is 5.68. The van der Waals surface area contributed by atoms with E-state index in [-0.39, 0.29) is 16.8 Å². The molecule has 2 nitrogen and oxygen atoms in total. The molecule has 0 fully saturated rings. The van der Waals surface area contributed by atoms with Crippen molar-refractivity contribution in [2.45, 2.75) is 13.3 Å². The summed E-state index contributed by atoms with van der Waals surface area (Å²) in [5.41, 5.74) is 0. The number of H-pyrrole nitrogens is 1. The molecule has 0 spiro atoms. The molecular weight excluding hydrogens is 147 g/mol. The zero-order chi connectivity index (χ0) is 5.11. The smallest absolute Gasteiger partial charge is 0.105 e. The molecule has 1 aromatic rings. The van der Waals surface area contributed by atoms with Crippen molar-refractivity contribution >= 4 is 0 Å². The van der Waals surface area contributed by atoms with E-state index < -0.39 is 0 Å². The van der Waals surface area contributed by atoms with Crippen molar-refractivity contribution in [1.82, 2.24) is 9.97 Å². The Labute approximate surface area is 58.9 Å². The summed E-state index contributed by atoms with van der Waals surface area (Å²) in [6, 6.07) is 0. The number of aromatic amines is 1. The molecule has 0 saturated heterocycles. The summed E-state index contributed by atoms with van der Waals surface area (Å²) < 4.78 is 0. The van der Waals surface area contributed by atoms with Gasteiger partial charge in [0.1, 0.15) is 5.82 Å². The molecule has 47 valence electrons. The van der Waals surface area contributed by atoms with Crippen molar-refractivity contribution in [2.24, 2.45) is 0 Å². The van der Waals surface area contributed by atoms with Gasteiger partial charge in [-0.05, 0) is 0 Å². The minimum Gasteiger partial charge on any atom is -0.349 e. The topological polar surface area (TPSA) is 28.7 Å². The predicted molar refractivity (Wildman–Crippen MR) is 28.0 cm³/mol. The summed E-state index contributed by atoms with van der Waals surface area (Å²) in [5.74, 6) is 1.06. The average Bonchev–Trinajstić information content (AvgIpc) is 2.14. The second-order valence-electron chi connectivity index (χ2n) is 1.39. The molecule has 0 saturated carbocycles. The zero-order valence-electron chi connectivity index (χ0n) is 4.64. The Kier molecular flexibility index (Phi) is 3.56. The van der Waals surface area contributed by atoms with Crippen LogP contribution in [0, 0.1) is 0 Å². The van der Waals surface area contributed by atoms with Crippen LogP contribution in [0.4, 0.5) is 0 Å². The molecule has 1 rings (SSSR count). The number of hydrogen-bond donors (Lipinski definition) is 1. The summed E-state index contributed by atoms with van der Waals surface area (Å²) in [6.45, 7) is 2.07. The summed E-state index contributed by atoms with van der Waals surface area (Å²) in [5, 5.41) is 0. The fraction of sp³-hybridized carbons (Fsp3) is 0.400. The second-order valence-corrected chi connectivity index (χ2v) is 1.39. The fourth-order valence-electron chi connectivity index (χ4n) is 0.491. The van der Waals surface area contributed by atoms with Gasteiger partial charge < -0.3 is 4.98 Å². The van der Waals surface area contributed by atoms with E-state index in [9.17, 15) is 0 Å². The molecule has 0 amide bonds. The molecule has 0 aliphatic carbocycles. The first-order valence-corrected chi connectivity index (χ1v) is 2.41. The van der Waals surface area contributed by atoms with Gasteiger partial charge in [-0.3, -0.25) is 0 Å². The second kappa shape index (κ2) is 3.69. The average molecular weight is 155 g/mol. The molecule has 1 N–H and O–H groups in total. The first kappa shape index (κ1) is 7.72. The summed E-state index contributed by atoms with van der Waals surface area (Å²) in [4.78, 5) is 6.95. The van der Waals surface area contributed by atoms with Crippen LogP contribution in [0.5, 0.6) is 0 Å². The van der Waals surface area contributed by atoms with E-state index >= 15 is 0 Å². The number of aromatic nitrogens is 2. The molecule has 3 heteroatoms. The number of nitrogens with one attached hydrogen (secondary N) is 1. The number of imidazole rings is 1. The largest absolute Gasteiger partial charge is 0.349 e. The van der Waals surface area contributed by atoms with E-state index in [4.69, 9.17) is 0 Å². The molecule has 0 aliphatic rings. The molecule has 0 bridgehead atoms. The molecule has 0 atom stereocenters. The first-order valence-electron chi connectivity index (χ1n) is 2.41. The van der Waals surface area contributed by atoms with Gasteiger partial charge in [0.15, 0.2) is 0 Å². The van der Waals surface area contributed by atoms with Crippen LogP contribution in [0.2, 0.25) is 0 Å². The third-order valence-electron chi connectivity index (χ3n) is 0.890. The minimum absolute atomic E-state index is 0. The Hall–Kier alpha value is -0.284. The Balaban J connectivity index is 0.000000490. The van der Waals surface area contributed by atoms with Crippen molar-refractivity contribution in [2.75, 3.05) is 0 Å². The van der Waals surface area contributed by atoms with Crippen molar-refractivity contribution in [3.8, 4) is 0 Å². The molecule has 0 unspecified atom stereocenters. The van der Waals surface area contributed by atoms with Crippen LogP contribution >= 0.6 is 0 Å². The Morgan fingerprint density at radius 2 is 2.50 bits per heavy atom. The van der Waals surface area contributed by atoms with Crippen LogP contribution in [0.1, 0.15) is 12.7 Å². The van der Waals surface area contributed by atoms with E-state index in [0.29, 0.717) is 0 Å². The van der Waals surface area contributed by atoms with Gasteiger partial charge in [0.25, 0.3) is 0 Å². The fourth-order valence-corrected chi connectivity index (χ4v) is 0.491. The normalized spacial score (nSPS) is 8.12. The third kappa shape index (κ3) is 1.67. The number of hydrogen-bond acceptors (Lipinski definition) is 1. The first-order chi connectivity index (χ1) is 3.43. The number of rotatable bonds is 1. The molecule has 1 radical (unpaired) electrons. The van der Waals surface area contributed by atoms with Crippen molar-refractivity contribution in [3.63, 3.8) is 0 Å². The molecule has 0 aliphatic heterocycles. The maximum absolute atomic E-state index is 3.98. The number of aryl methyl sites for hydroxylation is 1. The van der Waals surface area contributed by atoms with Gasteiger partial charge in [-0.1, -0.05) is 6.92 Å². The molecular formula is C5H8CoN2. The van der Waals surface area contributed by atoms with E-state index in [1.807, 2.05) is 6.20 Å². The summed E-state index contributed by atoms with van der Waals surface area (Å²) >= 11 is 0. The van der Waals surface area contributed by atoms with Gasteiger partial charge in [-0.15, -0.1) is 0 Å². The SMILES string of the molecule is CCc1ncc[nH]1.[Co]. The summed E-state index contributed by atoms with van der Waals surface area (Å²) in [7, 11) is 0. The molecule has 8 heavy (non-hydrogen) atoms. The maximum atomic E-state index is 3.98. The van der Waals surface area contributed by atoms with Crippen LogP contribution in [0.25, 0.3) is 0 Å². The summed E-state index contributed by atoms with van der Waals surface area (Å²) in [6.07, 6.45) is 4.59. The van der Waals surface area contributed by atoms with Gasteiger partial charge in [0.2, 0.25) is 0 Å². The van der Waals surface area contributed by atoms with Gasteiger partial charge in [0, 0.05) is 35.6 Å². The Bertz CT molecular complexity index is 125. The van der Waals surface area contributed by atoms with E-state index in [2.05, 4.69) is 16.9 Å². The number of nitrogens with zero attached hydrogens (tertiary/aromatic N) is 1. The van der Waals surface area contributed by atoms with E-state index in [1.54, 1.807) is 6.20 Å². The van der Waals surface area contributed by atoms with Gasteiger partial charge in [-0.2, -0.15) is 0 Å². The quantitative estimate of drug-likeness (QED) is 0.643. The van der Waals surface area contributed by atoms with Crippen LogP contribution in [0.15, 0.2) is 12.4 Å². The maximum Gasteiger partial charge on any atom is 0.105 e. The van der Waals surface area contributed by atoms with Gasteiger partial charge in [0.05, 0.1) is 0 Å². The minimum atomic E-state index is 0. The van der Waals surface area contributed by atoms with Gasteiger partial charge >= 0.3 is 0 Å². The van der Waals surface area contributed by atoms with Crippen molar-refractivity contribution in [3.05, 3.63) is 18.2 Å². The van der Waals surface area contributed by atoms with E-state index in [0.717, 1.165) is 12.2 Å². The van der Waals surface area contributed by atoms with Crippen molar-refractivity contribution in [1.29, 1.82) is 0 Å². The van der Waals surface area contributed by atoms with Crippen LogP contribution in [0.3, 0.4) is 0 Å². The molecule has 0 aromatic carbocycles. The monoisotopic (exact) mass is 155 g/mol. The van der Waals surface area contributed by atoms with Crippen LogP contribution < -0.4 is 0 Å². The predicted octanol–water partition coefficient (Wildman–Crippen LogP) is 0.970. The van der Waals surface area contributed by atoms with Crippen LogP contribution in [-0.2, 0) is 23.2 Å². The Morgan fingerprint density at radius 1 is 1.75 bits per heavy atom. The van der Waals surface area contributed by atoms with E-state index in [1.165, 1.54) is 0 Å². The standard InChI is InChI=1S/C5H8N2.Co/c1-2-5-6-3-4-7-5;/h3-4H,2H2,1H3,(H,6,7);. The third-order valence-corrected chi connectivity index (χ3v) is 0.890. The van der Waals surface area contributed by atoms with Crippen molar-refractivity contribution < 1.29 is 16.8 Å². The van der Waals surface area contributed by atoms with Crippen LogP contribution in [-0.4, -0.2) is 9.97 Å².